The van der Waals surface area contributed by atoms with Gasteiger partial charge in [-0.05, 0) is 30.7 Å². The Bertz CT molecular complexity index is 673. The second kappa shape index (κ2) is 6.93. The largest absolute Gasteiger partial charge is 0.453 e. The van der Waals surface area contributed by atoms with Crippen molar-refractivity contribution in [1.82, 2.24) is 5.32 Å². The minimum atomic E-state index is -0.808. The first kappa shape index (κ1) is 18.4. The number of nitrogens with one attached hydrogen (secondary N) is 2. The Labute approximate surface area is 146 Å². The van der Waals surface area contributed by atoms with E-state index in [1.165, 1.54) is 18.4 Å². The van der Waals surface area contributed by atoms with E-state index in [0.717, 1.165) is 29.7 Å². The van der Waals surface area contributed by atoms with E-state index in [1.807, 2.05) is 20.8 Å². The van der Waals surface area contributed by atoms with Crippen molar-refractivity contribution < 1.29 is 19.1 Å². The van der Waals surface area contributed by atoms with Crippen molar-refractivity contribution in [2.45, 2.75) is 47.0 Å². The number of alkyl carbamates (subject to hydrolysis) is 1. The predicted octanol–water partition coefficient (Wildman–Crippen LogP) is 3.35. The van der Waals surface area contributed by atoms with Gasteiger partial charge in [-0.2, -0.15) is 0 Å². The quantitative estimate of drug-likeness (QED) is 0.855. The summed E-state index contributed by atoms with van der Waals surface area (Å²) in [5.74, 6) is -0.154. The molecule has 0 saturated carbocycles. The van der Waals surface area contributed by atoms with Crippen LogP contribution in [0.25, 0.3) is 0 Å². The lowest BCUT2D eigenvalue weighted by atomic mass is 9.88. The number of thiophene rings is 1. The summed E-state index contributed by atoms with van der Waals surface area (Å²) >= 11 is 1.43. The van der Waals surface area contributed by atoms with Crippen LogP contribution in [0.1, 0.15) is 54.9 Å². The first-order chi connectivity index (χ1) is 11.1. The average molecular weight is 352 g/mol. The van der Waals surface area contributed by atoms with Crippen LogP contribution in [0, 0.1) is 11.3 Å². The minimum Gasteiger partial charge on any atom is -0.453 e. The lowest BCUT2D eigenvalue weighted by molar-refractivity contribution is -0.123. The van der Waals surface area contributed by atoms with Crippen molar-refractivity contribution in [3.05, 3.63) is 16.0 Å². The lowest BCUT2D eigenvalue weighted by Crippen LogP contribution is -2.33. The Kier molecular flexibility index (Phi) is 5.32. The van der Waals surface area contributed by atoms with Gasteiger partial charge in [0, 0.05) is 10.3 Å². The third kappa shape index (κ3) is 3.95. The Morgan fingerprint density at radius 1 is 1.25 bits per heavy atom. The van der Waals surface area contributed by atoms with E-state index in [-0.39, 0.29) is 5.91 Å². The summed E-state index contributed by atoms with van der Waals surface area (Å²) in [5.41, 5.74) is 0.752. The number of methoxy groups -OCH3 is 1. The van der Waals surface area contributed by atoms with Gasteiger partial charge in [0.1, 0.15) is 5.00 Å². The van der Waals surface area contributed by atoms with E-state index in [1.54, 1.807) is 0 Å². The van der Waals surface area contributed by atoms with Crippen molar-refractivity contribution in [3.63, 3.8) is 0 Å². The van der Waals surface area contributed by atoms with Crippen LogP contribution >= 0.6 is 11.3 Å². The van der Waals surface area contributed by atoms with Gasteiger partial charge in [0.25, 0.3) is 5.91 Å². The zero-order chi connectivity index (χ0) is 18.1. The molecule has 132 valence electrons. The molecular weight excluding hydrogens is 328 g/mol. The fourth-order valence-corrected chi connectivity index (χ4v) is 3.98. The summed E-state index contributed by atoms with van der Waals surface area (Å²) in [7, 11) is 1.20. The number of anilines is 1. The maximum atomic E-state index is 12.5. The third-order valence-corrected chi connectivity index (χ3v) is 5.22. The van der Waals surface area contributed by atoms with Crippen molar-refractivity contribution in [2.24, 2.45) is 11.3 Å². The third-order valence-electron chi connectivity index (χ3n) is 4.05. The standard InChI is InChI=1S/C17H24N2O4S/c1-9-6-7-10-11(8-9)24-14(19-15(21)17(2,3)4)12(10)13(20)18-16(22)23-5/h9H,6-8H2,1-5H3,(H,19,21)(H,18,20,22)/t9-/m0/s1. The molecule has 1 heterocycles. The van der Waals surface area contributed by atoms with Crippen molar-refractivity contribution in [3.8, 4) is 0 Å². The molecule has 1 aromatic heterocycles. The maximum absolute atomic E-state index is 12.5. The number of imide groups is 1. The van der Waals surface area contributed by atoms with Gasteiger partial charge in [-0.3, -0.25) is 14.9 Å². The molecule has 2 rings (SSSR count). The second-order valence-corrected chi connectivity index (χ2v) is 8.31. The van der Waals surface area contributed by atoms with Gasteiger partial charge in [-0.15, -0.1) is 11.3 Å². The predicted molar refractivity (Wildman–Crippen MR) is 93.5 cm³/mol. The van der Waals surface area contributed by atoms with E-state index < -0.39 is 17.4 Å². The fraction of sp³-hybridized carbons (Fsp3) is 0.588. The average Bonchev–Trinajstić information content (AvgIpc) is 2.82. The SMILES string of the molecule is COC(=O)NC(=O)c1c(NC(=O)C(C)(C)C)sc2c1CC[C@H](C)C2. The highest BCUT2D eigenvalue weighted by Crippen LogP contribution is 2.40. The number of amides is 3. The molecule has 1 aromatic rings. The van der Waals surface area contributed by atoms with Crippen molar-refractivity contribution in [2.75, 3.05) is 12.4 Å². The van der Waals surface area contributed by atoms with Crippen molar-refractivity contribution >= 4 is 34.2 Å². The number of rotatable bonds is 2. The molecule has 0 bridgehead atoms. The van der Waals surface area contributed by atoms with E-state index in [4.69, 9.17) is 0 Å². The zero-order valence-corrected chi connectivity index (χ0v) is 15.6. The molecule has 0 radical (unpaired) electrons. The molecule has 3 amide bonds. The minimum absolute atomic E-state index is 0.165. The molecule has 2 N–H and O–H groups in total. The molecule has 1 aliphatic carbocycles. The molecule has 7 heteroatoms. The van der Waals surface area contributed by atoms with E-state index in [2.05, 4.69) is 22.3 Å². The Morgan fingerprint density at radius 3 is 2.50 bits per heavy atom. The highest BCUT2D eigenvalue weighted by molar-refractivity contribution is 7.17. The molecule has 6 nitrogen and oxygen atoms in total. The van der Waals surface area contributed by atoms with Crippen LogP contribution in [0.3, 0.4) is 0 Å². The van der Waals surface area contributed by atoms with Crippen LogP contribution in [0.15, 0.2) is 0 Å². The van der Waals surface area contributed by atoms with Gasteiger partial charge in [-0.1, -0.05) is 27.7 Å². The number of carbonyl (C=O) groups excluding carboxylic acids is 3. The second-order valence-electron chi connectivity index (χ2n) is 7.21. The van der Waals surface area contributed by atoms with Gasteiger partial charge in [-0.25, -0.2) is 4.79 Å². The van der Waals surface area contributed by atoms with Gasteiger partial charge < -0.3 is 10.1 Å². The van der Waals surface area contributed by atoms with Gasteiger partial charge in [0.2, 0.25) is 5.91 Å². The van der Waals surface area contributed by atoms with Gasteiger partial charge in [0.05, 0.1) is 12.7 Å². The Morgan fingerprint density at radius 2 is 1.92 bits per heavy atom. The number of carbonyl (C=O) groups is 3. The van der Waals surface area contributed by atoms with Crippen LogP contribution < -0.4 is 10.6 Å². The number of hydrogen-bond donors (Lipinski definition) is 2. The summed E-state index contributed by atoms with van der Waals surface area (Å²) in [6.45, 7) is 7.61. The highest BCUT2D eigenvalue weighted by Gasteiger charge is 2.31. The van der Waals surface area contributed by atoms with Gasteiger partial charge in [0.15, 0.2) is 0 Å². The molecule has 24 heavy (non-hydrogen) atoms. The molecule has 0 spiro atoms. The van der Waals surface area contributed by atoms with Crippen molar-refractivity contribution in [1.29, 1.82) is 0 Å². The zero-order valence-electron chi connectivity index (χ0n) is 14.7. The Hall–Kier alpha value is -1.89. The molecule has 0 aromatic carbocycles. The summed E-state index contributed by atoms with van der Waals surface area (Å²) in [4.78, 5) is 37.4. The van der Waals surface area contributed by atoms with Crippen LogP contribution in [-0.2, 0) is 22.4 Å². The van der Waals surface area contributed by atoms with Crippen LogP contribution in [-0.4, -0.2) is 25.0 Å². The Balaban J connectivity index is 2.40. The molecule has 0 unspecified atom stereocenters. The molecular formula is C17H24N2O4S. The van der Waals surface area contributed by atoms with Gasteiger partial charge >= 0.3 is 6.09 Å². The van der Waals surface area contributed by atoms with E-state index >= 15 is 0 Å². The lowest BCUT2D eigenvalue weighted by Gasteiger charge is -2.19. The molecule has 0 saturated heterocycles. The smallest absolute Gasteiger partial charge is 0.413 e. The molecule has 1 aliphatic rings. The fourth-order valence-electron chi connectivity index (χ4n) is 2.58. The summed E-state index contributed by atoms with van der Waals surface area (Å²) in [6, 6.07) is 0. The van der Waals surface area contributed by atoms with Crippen LogP contribution in [0.2, 0.25) is 0 Å². The first-order valence-electron chi connectivity index (χ1n) is 7.98. The summed E-state index contributed by atoms with van der Waals surface area (Å²) < 4.78 is 4.50. The summed E-state index contributed by atoms with van der Waals surface area (Å²) in [5, 5.41) is 5.57. The first-order valence-corrected chi connectivity index (χ1v) is 8.80. The summed E-state index contributed by atoms with van der Waals surface area (Å²) in [6.07, 6.45) is 1.82. The molecule has 0 aliphatic heterocycles. The monoisotopic (exact) mass is 352 g/mol. The maximum Gasteiger partial charge on any atom is 0.413 e. The number of fused-ring (bicyclic) bond motifs is 1. The van der Waals surface area contributed by atoms with Crippen LogP contribution in [0.4, 0.5) is 9.80 Å². The number of ether oxygens (including phenoxy) is 1. The molecule has 1 atom stereocenters. The van der Waals surface area contributed by atoms with Crippen LogP contribution in [0.5, 0.6) is 0 Å². The number of hydrogen-bond acceptors (Lipinski definition) is 5. The van der Waals surface area contributed by atoms with E-state index in [9.17, 15) is 14.4 Å². The molecule has 0 fully saturated rings. The topological polar surface area (TPSA) is 84.5 Å². The normalized spacial score (nSPS) is 17.0. The van der Waals surface area contributed by atoms with E-state index in [0.29, 0.717) is 16.5 Å². The highest BCUT2D eigenvalue weighted by atomic mass is 32.1.